The summed E-state index contributed by atoms with van der Waals surface area (Å²) >= 11 is 1.78. The molecule has 2 aliphatic rings. The molecule has 0 radical (unpaired) electrons. The van der Waals surface area contributed by atoms with Crippen LogP contribution in [0, 0.1) is 11.7 Å². The minimum atomic E-state index is -1.18. The summed E-state index contributed by atoms with van der Waals surface area (Å²) in [7, 11) is 0. The fourth-order valence-electron chi connectivity index (χ4n) is 3.22. The van der Waals surface area contributed by atoms with Gasteiger partial charge in [0.25, 0.3) is 5.91 Å². The molecule has 0 saturated carbocycles. The van der Waals surface area contributed by atoms with Gasteiger partial charge in [-0.05, 0) is 61.0 Å². The van der Waals surface area contributed by atoms with E-state index >= 15 is 0 Å². The summed E-state index contributed by atoms with van der Waals surface area (Å²) in [5.74, 6) is 1.59. The molecule has 2 saturated heterocycles. The normalized spacial score (nSPS) is 23.7. The van der Waals surface area contributed by atoms with Gasteiger partial charge in [0.1, 0.15) is 11.4 Å². The molecule has 1 amide bonds. The maximum absolute atomic E-state index is 13.0. The largest absolute Gasteiger partial charge is 0.380 e. The van der Waals surface area contributed by atoms with Gasteiger partial charge in [0.2, 0.25) is 0 Å². The van der Waals surface area contributed by atoms with E-state index in [4.69, 9.17) is 0 Å². The van der Waals surface area contributed by atoms with Crippen LogP contribution in [0.25, 0.3) is 0 Å². The van der Waals surface area contributed by atoms with Gasteiger partial charge in [-0.15, -0.1) is 0 Å². The molecule has 4 nitrogen and oxygen atoms in total. The van der Waals surface area contributed by atoms with E-state index in [2.05, 4.69) is 10.2 Å². The summed E-state index contributed by atoms with van der Waals surface area (Å²) in [6.45, 7) is 2.35. The van der Waals surface area contributed by atoms with Gasteiger partial charge in [0, 0.05) is 25.3 Å². The number of aliphatic hydroxyl groups is 1. The zero-order valence-corrected chi connectivity index (χ0v) is 13.9. The first-order chi connectivity index (χ1) is 11.1. The molecule has 23 heavy (non-hydrogen) atoms. The van der Waals surface area contributed by atoms with Crippen molar-refractivity contribution >= 4 is 23.4 Å². The number of nitrogens with zero attached hydrogens (tertiary/aromatic N) is 1. The SMILES string of the molecule is O=C(NCC1CCN(c2ccc(F)cc2)C1)C1(O)CCSCC1. The Hall–Kier alpha value is -1.27. The first-order valence-corrected chi connectivity index (χ1v) is 9.31. The lowest BCUT2D eigenvalue weighted by molar-refractivity contribution is -0.140. The second-order valence-electron chi connectivity index (χ2n) is 6.43. The molecule has 2 fully saturated rings. The van der Waals surface area contributed by atoms with Gasteiger partial charge in [-0.3, -0.25) is 4.79 Å². The van der Waals surface area contributed by atoms with Crippen LogP contribution in [0.5, 0.6) is 0 Å². The van der Waals surface area contributed by atoms with Crippen molar-refractivity contribution < 1.29 is 14.3 Å². The van der Waals surface area contributed by atoms with E-state index in [9.17, 15) is 14.3 Å². The highest BCUT2D eigenvalue weighted by atomic mass is 32.2. The molecule has 1 atom stereocenters. The third kappa shape index (κ3) is 3.98. The molecule has 1 unspecified atom stereocenters. The Morgan fingerprint density at radius 2 is 2.04 bits per heavy atom. The highest BCUT2D eigenvalue weighted by Crippen LogP contribution is 2.28. The molecule has 0 aromatic heterocycles. The first kappa shape index (κ1) is 16.6. The van der Waals surface area contributed by atoms with E-state index in [0.717, 1.165) is 36.7 Å². The molecule has 1 aromatic rings. The molecular formula is C17H23FN2O2S. The number of hydrogen-bond donors (Lipinski definition) is 2. The number of carbonyl (C=O) groups is 1. The molecule has 3 rings (SSSR count). The Balaban J connectivity index is 1.48. The van der Waals surface area contributed by atoms with E-state index in [-0.39, 0.29) is 11.7 Å². The highest BCUT2D eigenvalue weighted by molar-refractivity contribution is 7.99. The molecule has 0 bridgehead atoms. The van der Waals surface area contributed by atoms with Crippen LogP contribution in [0.1, 0.15) is 19.3 Å². The lowest BCUT2D eigenvalue weighted by atomic mass is 9.95. The fraction of sp³-hybridized carbons (Fsp3) is 0.588. The van der Waals surface area contributed by atoms with Crippen LogP contribution in [0.2, 0.25) is 0 Å². The van der Waals surface area contributed by atoms with E-state index in [1.165, 1.54) is 12.1 Å². The van der Waals surface area contributed by atoms with Crippen molar-refractivity contribution in [1.29, 1.82) is 0 Å². The molecule has 2 N–H and O–H groups in total. The van der Waals surface area contributed by atoms with Gasteiger partial charge in [0.15, 0.2) is 0 Å². The van der Waals surface area contributed by atoms with Crippen LogP contribution in [0.4, 0.5) is 10.1 Å². The lowest BCUT2D eigenvalue weighted by Crippen LogP contribution is -2.50. The van der Waals surface area contributed by atoms with Gasteiger partial charge >= 0.3 is 0 Å². The second kappa shape index (κ2) is 7.09. The standard InChI is InChI=1S/C17H23FN2O2S/c18-14-1-3-15(4-2-14)20-8-5-13(12-20)11-19-16(21)17(22)6-9-23-10-7-17/h1-4,13,22H,5-12H2,(H,19,21). The minimum absolute atomic E-state index is 0.224. The quantitative estimate of drug-likeness (QED) is 0.882. The Kier molecular flexibility index (Phi) is 5.11. The zero-order chi connectivity index (χ0) is 16.3. The van der Waals surface area contributed by atoms with Crippen LogP contribution >= 0.6 is 11.8 Å². The van der Waals surface area contributed by atoms with Crippen LogP contribution in [-0.2, 0) is 4.79 Å². The van der Waals surface area contributed by atoms with E-state index < -0.39 is 5.60 Å². The highest BCUT2D eigenvalue weighted by Gasteiger charge is 2.37. The van der Waals surface area contributed by atoms with Crippen molar-refractivity contribution in [2.24, 2.45) is 5.92 Å². The number of hydrogen-bond acceptors (Lipinski definition) is 4. The maximum Gasteiger partial charge on any atom is 0.252 e. The molecule has 126 valence electrons. The number of benzene rings is 1. The number of nitrogens with one attached hydrogen (secondary N) is 1. The van der Waals surface area contributed by atoms with E-state index in [0.29, 0.717) is 25.3 Å². The molecule has 0 aliphatic carbocycles. The Morgan fingerprint density at radius 1 is 1.35 bits per heavy atom. The van der Waals surface area contributed by atoms with Gasteiger partial charge in [-0.1, -0.05) is 0 Å². The van der Waals surface area contributed by atoms with Crippen LogP contribution in [-0.4, -0.2) is 47.8 Å². The van der Waals surface area contributed by atoms with Crippen molar-refractivity contribution in [3.05, 3.63) is 30.1 Å². The summed E-state index contributed by atoms with van der Waals surface area (Å²) in [4.78, 5) is 14.5. The first-order valence-electron chi connectivity index (χ1n) is 8.16. The molecule has 0 spiro atoms. The van der Waals surface area contributed by atoms with Gasteiger partial charge in [-0.25, -0.2) is 4.39 Å². The summed E-state index contributed by atoms with van der Waals surface area (Å²) < 4.78 is 13.0. The topological polar surface area (TPSA) is 52.6 Å². The minimum Gasteiger partial charge on any atom is -0.380 e. The lowest BCUT2D eigenvalue weighted by Gasteiger charge is -2.30. The Bertz CT molecular complexity index is 546. The van der Waals surface area contributed by atoms with Crippen molar-refractivity contribution in [1.82, 2.24) is 5.32 Å². The molecule has 2 aliphatic heterocycles. The molecule has 6 heteroatoms. The maximum atomic E-state index is 13.0. The van der Waals surface area contributed by atoms with Gasteiger partial charge in [0.05, 0.1) is 0 Å². The summed E-state index contributed by atoms with van der Waals surface area (Å²) in [5.41, 5.74) is -0.163. The fourth-order valence-corrected chi connectivity index (χ4v) is 4.39. The molecular weight excluding hydrogens is 315 g/mol. The van der Waals surface area contributed by atoms with E-state index in [1.54, 1.807) is 23.9 Å². The van der Waals surface area contributed by atoms with Crippen LogP contribution in [0.15, 0.2) is 24.3 Å². The number of rotatable bonds is 4. The smallest absolute Gasteiger partial charge is 0.252 e. The zero-order valence-electron chi connectivity index (χ0n) is 13.1. The van der Waals surface area contributed by atoms with Gasteiger partial charge in [-0.2, -0.15) is 11.8 Å². The predicted octanol–water partition coefficient (Wildman–Crippen LogP) is 2.03. The monoisotopic (exact) mass is 338 g/mol. The summed E-state index contributed by atoms with van der Waals surface area (Å²) in [6.07, 6.45) is 2.07. The third-order valence-electron chi connectivity index (χ3n) is 4.77. The number of amides is 1. The number of halogens is 1. The second-order valence-corrected chi connectivity index (χ2v) is 7.66. The van der Waals surface area contributed by atoms with Crippen LogP contribution in [0.3, 0.4) is 0 Å². The summed E-state index contributed by atoms with van der Waals surface area (Å²) in [5, 5.41) is 13.3. The van der Waals surface area contributed by atoms with E-state index in [1.807, 2.05) is 0 Å². The number of thioether (sulfide) groups is 1. The van der Waals surface area contributed by atoms with Gasteiger partial charge < -0.3 is 15.3 Å². The predicted molar refractivity (Wildman–Crippen MR) is 91.2 cm³/mol. The molecule has 2 heterocycles. The van der Waals surface area contributed by atoms with Crippen molar-refractivity contribution in [3.63, 3.8) is 0 Å². The third-order valence-corrected chi connectivity index (χ3v) is 5.76. The number of anilines is 1. The van der Waals surface area contributed by atoms with Crippen LogP contribution < -0.4 is 10.2 Å². The average Bonchev–Trinajstić information content (AvgIpc) is 3.03. The average molecular weight is 338 g/mol. The van der Waals surface area contributed by atoms with Crippen molar-refractivity contribution in [3.8, 4) is 0 Å². The Morgan fingerprint density at radius 3 is 2.74 bits per heavy atom. The molecule has 1 aromatic carbocycles. The Labute approximate surface area is 140 Å². The van der Waals surface area contributed by atoms with Crippen molar-refractivity contribution in [2.45, 2.75) is 24.9 Å². The number of carbonyl (C=O) groups excluding carboxylic acids is 1. The summed E-state index contributed by atoms with van der Waals surface area (Å²) in [6, 6.07) is 6.53. The van der Waals surface area contributed by atoms with Crippen molar-refractivity contribution in [2.75, 3.05) is 36.0 Å².